The lowest BCUT2D eigenvalue weighted by molar-refractivity contribution is -0.147. The molecule has 2 aliphatic carbocycles. The minimum absolute atomic E-state index is 0.0207. The molecule has 2 N–H and O–H groups in total. The van der Waals surface area contributed by atoms with Crippen LogP contribution in [0.3, 0.4) is 0 Å². The van der Waals surface area contributed by atoms with Gasteiger partial charge in [-0.3, -0.25) is 14.2 Å². The van der Waals surface area contributed by atoms with Gasteiger partial charge in [-0.2, -0.15) is 13.5 Å². The minimum Gasteiger partial charge on any atom is -0.309 e. The lowest BCUT2D eigenvalue weighted by Crippen LogP contribution is -2.50. The molecule has 0 spiro atoms. The van der Waals surface area contributed by atoms with Crippen LogP contribution in [0.4, 0.5) is 4.79 Å². The molecule has 2 saturated heterocycles. The Morgan fingerprint density at radius 3 is 2.59 bits per heavy atom. The molecule has 2 saturated carbocycles. The zero-order valence-corrected chi connectivity index (χ0v) is 16.1. The summed E-state index contributed by atoms with van der Waals surface area (Å²) in [6.45, 7) is 4.65. The van der Waals surface area contributed by atoms with E-state index >= 15 is 0 Å². The Balaban J connectivity index is 1.36. The summed E-state index contributed by atoms with van der Waals surface area (Å²) in [5.74, 6) is 0.591. The van der Waals surface area contributed by atoms with Crippen LogP contribution in [-0.2, 0) is 24.3 Å². The number of piperidine rings is 1. The van der Waals surface area contributed by atoms with Gasteiger partial charge in [-0.05, 0) is 49.4 Å². The van der Waals surface area contributed by atoms with Crippen molar-refractivity contribution in [2.24, 2.45) is 17.3 Å². The molecule has 11 heteroatoms. The smallest absolute Gasteiger partial charge is 0.309 e. The third kappa shape index (κ3) is 3.20. The molecule has 3 unspecified atom stereocenters. The number of hydroxylamine groups is 3. The first-order valence-electron chi connectivity index (χ1n) is 9.30. The molecular formula is C16H25N3O7S. The lowest BCUT2D eigenvalue weighted by Gasteiger charge is -2.30. The predicted molar refractivity (Wildman–Crippen MR) is 91.0 cm³/mol. The molecule has 2 aliphatic heterocycles. The maximum Gasteiger partial charge on any atom is 0.418 e. The van der Waals surface area contributed by atoms with Gasteiger partial charge in [-0.1, -0.05) is 13.8 Å². The summed E-state index contributed by atoms with van der Waals surface area (Å²) in [7, 11) is -4.80. The highest BCUT2D eigenvalue weighted by Crippen LogP contribution is 2.58. The summed E-state index contributed by atoms with van der Waals surface area (Å²) in [5, 5.41) is 0.627. The second-order valence-corrected chi connectivity index (χ2v) is 9.57. The average Bonchev–Trinajstić information content (AvgIpc) is 3.11. The topological polar surface area (TPSA) is 125 Å². The number of fused-ring (bicyclic) bond motifs is 4. The van der Waals surface area contributed by atoms with Gasteiger partial charge < -0.3 is 4.90 Å². The minimum atomic E-state index is -4.80. The van der Waals surface area contributed by atoms with Crippen LogP contribution in [0.15, 0.2) is 0 Å². The Bertz CT molecular complexity index is 755. The van der Waals surface area contributed by atoms with Crippen molar-refractivity contribution in [2.45, 2.75) is 64.1 Å². The number of carbonyl (C=O) groups excluding carboxylic acids is 2. The number of rotatable bonds is 5. The van der Waals surface area contributed by atoms with E-state index in [4.69, 9.17) is 9.39 Å². The van der Waals surface area contributed by atoms with Gasteiger partial charge in [-0.25, -0.2) is 10.3 Å². The van der Waals surface area contributed by atoms with Crippen molar-refractivity contribution in [1.82, 2.24) is 15.4 Å². The molecule has 0 aromatic rings. The van der Waals surface area contributed by atoms with Gasteiger partial charge in [0.2, 0.25) is 0 Å². The Labute approximate surface area is 158 Å². The van der Waals surface area contributed by atoms with E-state index < -0.39 is 34.4 Å². The first-order chi connectivity index (χ1) is 12.6. The van der Waals surface area contributed by atoms with Crippen molar-refractivity contribution in [3.05, 3.63) is 0 Å². The highest BCUT2D eigenvalue weighted by Gasteiger charge is 2.54. The number of carbonyl (C=O) groups is 2. The quantitative estimate of drug-likeness (QED) is 0.515. The van der Waals surface area contributed by atoms with E-state index in [1.807, 2.05) is 0 Å². The number of hydrogen-bond donors (Lipinski definition) is 2. The Hall–Kier alpha value is -1.43. The van der Waals surface area contributed by atoms with Gasteiger partial charge >= 0.3 is 16.4 Å². The van der Waals surface area contributed by atoms with Crippen LogP contribution < -0.4 is 5.48 Å². The monoisotopic (exact) mass is 403 g/mol. The van der Waals surface area contributed by atoms with Crippen molar-refractivity contribution in [3.63, 3.8) is 0 Å². The maximum absolute atomic E-state index is 12.6. The summed E-state index contributed by atoms with van der Waals surface area (Å²) in [5.41, 5.74) is 2.74. The van der Waals surface area contributed by atoms with Gasteiger partial charge in [0.05, 0.1) is 12.1 Å². The fraction of sp³-hybridized carbons (Fsp3) is 0.875. The van der Waals surface area contributed by atoms with Crippen molar-refractivity contribution in [3.8, 4) is 0 Å². The highest BCUT2D eigenvalue weighted by molar-refractivity contribution is 7.80. The van der Waals surface area contributed by atoms with Crippen molar-refractivity contribution < 1.29 is 31.7 Å². The van der Waals surface area contributed by atoms with Crippen molar-refractivity contribution >= 4 is 22.3 Å². The molecule has 5 atom stereocenters. The molecule has 4 rings (SSSR count). The van der Waals surface area contributed by atoms with E-state index in [-0.39, 0.29) is 18.1 Å². The molecular weight excluding hydrogens is 378 g/mol. The molecule has 0 aromatic heterocycles. The van der Waals surface area contributed by atoms with E-state index in [0.717, 1.165) is 12.8 Å². The fourth-order valence-corrected chi connectivity index (χ4v) is 5.78. The number of hydrogen-bond acceptors (Lipinski definition) is 6. The van der Waals surface area contributed by atoms with E-state index in [2.05, 4.69) is 23.6 Å². The maximum atomic E-state index is 12.6. The van der Waals surface area contributed by atoms with Crippen LogP contribution in [0.1, 0.15) is 46.0 Å². The largest absolute Gasteiger partial charge is 0.418 e. The van der Waals surface area contributed by atoms with Gasteiger partial charge in [-0.15, -0.1) is 4.28 Å². The standard InChI is InChI=1S/C16H25N3O7S/c1-16(2)9-3-5-11(16)13(7-9)25-17-14(20)12-6-4-10-8-18(12)15(21)19(10)26-27(22,23)24/h9-13H,3-8H2,1-2H3,(H,17,20)(H,22,23,24)/t9?,10-,11?,12+,13?/m1/s1. The average molecular weight is 403 g/mol. The second-order valence-electron chi connectivity index (χ2n) is 8.57. The molecule has 3 amide bonds. The SMILES string of the molecule is CC1(C)C2CCC1C(ONC(=O)[C@@H]1CC[C@@H]3CN1C(=O)N3OS(=O)(=O)O)C2. The molecule has 4 bridgehead atoms. The molecule has 27 heavy (non-hydrogen) atoms. The normalized spacial score (nSPS) is 37.1. The van der Waals surface area contributed by atoms with Crippen LogP contribution >= 0.6 is 0 Å². The molecule has 10 nitrogen and oxygen atoms in total. The zero-order chi connectivity index (χ0) is 19.6. The van der Waals surface area contributed by atoms with Gasteiger partial charge in [0.25, 0.3) is 5.91 Å². The molecule has 2 heterocycles. The molecule has 4 aliphatic rings. The van der Waals surface area contributed by atoms with Crippen molar-refractivity contribution in [1.29, 1.82) is 0 Å². The summed E-state index contributed by atoms with van der Waals surface area (Å²) in [4.78, 5) is 31.9. The van der Waals surface area contributed by atoms with Gasteiger partial charge in [0.1, 0.15) is 6.04 Å². The summed E-state index contributed by atoms with van der Waals surface area (Å²) >= 11 is 0. The van der Waals surface area contributed by atoms with E-state index in [0.29, 0.717) is 29.7 Å². The molecule has 0 aromatic carbocycles. The highest BCUT2D eigenvalue weighted by atomic mass is 32.3. The third-order valence-corrected chi connectivity index (χ3v) is 7.26. The Morgan fingerprint density at radius 2 is 2.00 bits per heavy atom. The zero-order valence-electron chi connectivity index (χ0n) is 15.3. The van der Waals surface area contributed by atoms with Gasteiger partial charge in [0, 0.05) is 6.54 Å². The summed E-state index contributed by atoms with van der Waals surface area (Å²) in [6.07, 6.45) is 3.93. The predicted octanol–water partition coefficient (Wildman–Crippen LogP) is 0.862. The first kappa shape index (κ1) is 18.9. The molecule has 152 valence electrons. The van der Waals surface area contributed by atoms with E-state index in [1.165, 1.54) is 11.3 Å². The lowest BCUT2D eigenvalue weighted by atomic mass is 9.82. The summed E-state index contributed by atoms with van der Waals surface area (Å²) in [6, 6.07) is -2.03. The number of nitrogens with one attached hydrogen (secondary N) is 1. The first-order valence-corrected chi connectivity index (χ1v) is 10.7. The third-order valence-electron chi connectivity index (χ3n) is 6.91. The fourth-order valence-electron chi connectivity index (χ4n) is 5.39. The van der Waals surface area contributed by atoms with Crippen LogP contribution in [0, 0.1) is 17.3 Å². The summed E-state index contributed by atoms with van der Waals surface area (Å²) < 4.78 is 35.0. The van der Waals surface area contributed by atoms with Crippen LogP contribution in [0.25, 0.3) is 0 Å². The van der Waals surface area contributed by atoms with E-state index in [9.17, 15) is 18.0 Å². The van der Waals surface area contributed by atoms with E-state index in [1.54, 1.807) is 0 Å². The van der Waals surface area contributed by atoms with Crippen LogP contribution in [0.2, 0.25) is 0 Å². The number of nitrogens with zero attached hydrogens (tertiary/aromatic N) is 2. The Morgan fingerprint density at radius 1 is 1.26 bits per heavy atom. The van der Waals surface area contributed by atoms with Gasteiger partial charge in [0.15, 0.2) is 0 Å². The second kappa shape index (κ2) is 6.29. The van der Waals surface area contributed by atoms with Crippen molar-refractivity contribution in [2.75, 3.05) is 6.54 Å². The Kier molecular flexibility index (Phi) is 4.41. The molecule has 4 fully saturated rings. The van der Waals surface area contributed by atoms with Crippen LogP contribution in [-0.4, -0.2) is 59.6 Å². The number of amides is 3. The molecule has 0 radical (unpaired) electrons. The van der Waals surface area contributed by atoms with Crippen LogP contribution in [0.5, 0.6) is 0 Å². The number of urea groups is 1.